The van der Waals surface area contributed by atoms with Gasteiger partial charge in [-0.3, -0.25) is 4.79 Å². The summed E-state index contributed by atoms with van der Waals surface area (Å²) in [5, 5.41) is 3.29. The molecule has 4 nitrogen and oxygen atoms in total. The molecule has 0 aliphatic carbocycles. The van der Waals surface area contributed by atoms with Crippen molar-refractivity contribution in [3.05, 3.63) is 29.7 Å². The highest BCUT2D eigenvalue weighted by Crippen LogP contribution is 2.34. The highest BCUT2D eigenvalue weighted by molar-refractivity contribution is 5.83. The zero-order chi connectivity index (χ0) is 11.8. The highest BCUT2D eigenvalue weighted by Gasteiger charge is 2.33. The summed E-state index contributed by atoms with van der Waals surface area (Å²) in [6.07, 6.45) is -2.44. The van der Waals surface area contributed by atoms with Gasteiger partial charge in [0.2, 0.25) is 5.76 Å². The summed E-state index contributed by atoms with van der Waals surface area (Å²) in [4.78, 5) is 10.5. The van der Waals surface area contributed by atoms with E-state index in [9.17, 15) is 18.0 Å². The summed E-state index contributed by atoms with van der Waals surface area (Å²) < 4.78 is 46.0. The van der Waals surface area contributed by atoms with Gasteiger partial charge in [-0.05, 0) is 0 Å². The normalized spacial score (nSPS) is 11.7. The maximum atomic E-state index is 12.2. The summed E-state index contributed by atoms with van der Waals surface area (Å²) in [6.45, 7) is 0. The van der Waals surface area contributed by atoms with Crippen molar-refractivity contribution in [1.82, 2.24) is 5.16 Å². The molecule has 84 valence electrons. The fourth-order valence-corrected chi connectivity index (χ4v) is 1.12. The Morgan fingerprint density at radius 2 is 2.12 bits per heavy atom. The van der Waals surface area contributed by atoms with E-state index < -0.39 is 11.7 Å². The number of carbonyl (C=O) groups excluding carboxylic acids is 1. The molecule has 0 N–H and O–H groups in total. The van der Waals surface area contributed by atoms with Crippen molar-refractivity contribution in [3.8, 4) is 11.5 Å². The quantitative estimate of drug-likeness (QED) is 0.745. The number of rotatable bonds is 2. The molecule has 0 aliphatic heterocycles. The van der Waals surface area contributed by atoms with Crippen LogP contribution in [0.2, 0.25) is 0 Å². The van der Waals surface area contributed by atoms with Crippen molar-refractivity contribution in [2.75, 3.05) is 0 Å². The van der Waals surface area contributed by atoms with E-state index >= 15 is 0 Å². The number of aromatic nitrogens is 1. The van der Waals surface area contributed by atoms with E-state index in [4.69, 9.17) is 0 Å². The van der Waals surface area contributed by atoms with Gasteiger partial charge in [-0.15, -0.1) is 0 Å². The van der Waals surface area contributed by atoms with Crippen molar-refractivity contribution in [2.24, 2.45) is 0 Å². The molecule has 0 radical (unpaired) electrons. The van der Waals surface area contributed by atoms with Crippen molar-refractivity contribution < 1.29 is 26.9 Å². The molecule has 0 unspecified atom stereocenters. The molecule has 0 amide bonds. The molecule has 2 heterocycles. The second-order valence-electron chi connectivity index (χ2n) is 2.93. The molecule has 0 spiro atoms. The number of nitrogens with zero attached hydrogens (tertiary/aromatic N) is 1. The highest BCUT2D eigenvalue weighted by atomic mass is 19.4. The van der Waals surface area contributed by atoms with Crippen LogP contribution in [0.4, 0.5) is 13.2 Å². The second kappa shape index (κ2) is 3.51. The van der Waals surface area contributed by atoms with Gasteiger partial charge in [0.15, 0.2) is 12.0 Å². The van der Waals surface area contributed by atoms with Crippen LogP contribution in [0, 0.1) is 0 Å². The number of furan rings is 1. The molecule has 0 aromatic carbocycles. The molecule has 2 rings (SSSR count). The molecule has 2 aromatic heterocycles. The number of hydrogen-bond donors (Lipinski definition) is 0. The first kappa shape index (κ1) is 10.5. The van der Waals surface area contributed by atoms with Crippen LogP contribution in [0.3, 0.4) is 0 Å². The van der Waals surface area contributed by atoms with E-state index in [0.29, 0.717) is 12.5 Å². The lowest BCUT2D eigenvalue weighted by atomic mass is 10.2. The van der Waals surface area contributed by atoms with Gasteiger partial charge in [0.05, 0.1) is 17.3 Å². The van der Waals surface area contributed by atoms with Crippen molar-refractivity contribution in [3.63, 3.8) is 0 Å². The zero-order valence-corrected chi connectivity index (χ0v) is 7.62. The van der Waals surface area contributed by atoms with Crippen LogP contribution < -0.4 is 0 Å². The topological polar surface area (TPSA) is 56.2 Å². The van der Waals surface area contributed by atoms with Gasteiger partial charge in [0.1, 0.15) is 6.26 Å². The van der Waals surface area contributed by atoms with Crippen LogP contribution in [0.1, 0.15) is 15.9 Å². The predicted octanol–water partition coefficient (Wildman–Crippen LogP) is 2.77. The number of carbonyl (C=O) groups is 1. The Hall–Kier alpha value is -2.05. The van der Waals surface area contributed by atoms with Gasteiger partial charge >= 0.3 is 6.18 Å². The van der Waals surface area contributed by atoms with E-state index in [1.165, 1.54) is 0 Å². The fourth-order valence-electron chi connectivity index (χ4n) is 1.12. The number of aldehydes is 1. The average Bonchev–Trinajstić information content (AvgIpc) is 2.84. The predicted molar refractivity (Wildman–Crippen MR) is 44.6 cm³/mol. The molecule has 7 heteroatoms. The lowest BCUT2D eigenvalue weighted by Crippen LogP contribution is -2.01. The average molecular weight is 231 g/mol. The monoisotopic (exact) mass is 231 g/mol. The number of halogens is 3. The van der Waals surface area contributed by atoms with Crippen molar-refractivity contribution >= 4 is 6.29 Å². The number of hydrogen-bond acceptors (Lipinski definition) is 4. The molecule has 0 fully saturated rings. The second-order valence-corrected chi connectivity index (χ2v) is 2.93. The molecule has 0 saturated carbocycles. The summed E-state index contributed by atoms with van der Waals surface area (Å²) in [5.41, 5.74) is -0.918. The van der Waals surface area contributed by atoms with E-state index in [0.717, 1.165) is 12.3 Å². The standard InChI is InChI=1S/C9H4F3NO3/c10-9(11,12)6-1-7(15-4-6)8-5(3-14)2-13-16-8/h1-4H. The Bertz CT molecular complexity index is 512. The molecular weight excluding hydrogens is 227 g/mol. The first-order chi connectivity index (χ1) is 7.52. The first-order valence-electron chi connectivity index (χ1n) is 4.08. The summed E-state index contributed by atoms with van der Waals surface area (Å²) in [5.74, 6) is -0.308. The Morgan fingerprint density at radius 1 is 1.38 bits per heavy atom. The lowest BCUT2D eigenvalue weighted by molar-refractivity contribution is -0.137. The van der Waals surface area contributed by atoms with Crippen LogP contribution in [-0.4, -0.2) is 11.4 Å². The molecular formula is C9H4F3NO3. The molecule has 16 heavy (non-hydrogen) atoms. The molecule has 0 aliphatic rings. The lowest BCUT2D eigenvalue weighted by Gasteiger charge is -1.99. The Labute approximate surface area is 86.6 Å². The minimum atomic E-state index is -4.50. The largest absolute Gasteiger partial charge is 0.460 e. The van der Waals surface area contributed by atoms with Gasteiger partial charge in [-0.1, -0.05) is 5.16 Å². The van der Waals surface area contributed by atoms with E-state index in [2.05, 4.69) is 14.1 Å². The maximum absolute atomic E-state index is 12.2. The number of alkyl halides is 3. The van der Waals surface area contributed by atoms with Crippen LogP contribution >= 0.6 is 0 Å². The summed E-state index contributed by atoms with van der Waals surface area (Å²) in [7, 11) is 0. The van der Waals surface area contributed by atoms with Crippen LogP contribution in [-0.2, 0) is 6.18 Å². The van der Waals surface area contributed by atoms with Gasteiger partial charge in [0, 0.05) is 6.07 Å². The minimum Gasteiger partial charge on any atom is -0.460 e. The van der Waals surface area contributed by atoms with Gasteiger partial charge in [-0.2, -0.15) is 13.2 Å². The van der Waals surface area contributed by atoms with E-state index in [1.807, 2.05) is 0 Å². The van der Waals surface area contributed by atoms with E-state index in [-0.39, 0.29) is 17.1 Å². The smallest absolute Gasteiger partial charge is 0.419 e. The SMILES string of the molecule is O=Cc1cnoc1-c1cc(C(F)(F)F)co1. The molecule has 0 bridgehead atoms. The third-order valence-electron chi connectivity index (χ3n) is 1.88. The van der Waals surface area contributed by atoms with E-state index in [1.54, 1.807) is 0 Å². The van der Waals surface area contributed by atoms with Crippen molar-refractivity contribution in [2.45, 2.75) is 6.18 Å². The molecule has 2 aromatic rings. The van der Waals surface area contributed by atoms with Crippen LogP contribution in [0.25, 0.3) is 11.5 Å². The minimum absolute atomic E-state index is 0.0306. The van der Waals surface area contributed by atoms with Gasteiger partial charge in [-0.25, -0.2) is 0 Å². The Balaban J connectivity index is 2.43. The third-order valence-corrected chi connectivity index (χ3v) is 1.88. The summed E-state index contributed by atoms with van der Waals surface area (Å²) in [6, 6.07) is 0.744. The van der Waals surface area contributed by atoms with Gasteiger partial charge in [0.25, 0.3) is 0 Å². The zero-order valence-electron chi connectivity index (χ0n) is 7.62. The fraction of sp³-hybridized carbons (Fsp3) is 0.111. The maximum Gasteiger partial charge on any atom is 0.419 e. The Morgan fingerprint density at radius 3 is 2.69 bits per heavy atom. The van der Waals surface area contributed by atoms with Crippen molar-refractivity contribution in [1.29, 1.82) is 0 Å². The van der Waals surface area contributed by atoms with Gasteiger partial charge < -0.3 is 8.94 Å². The Kier molecular flexibility index (Phi) is 2.30. The first-order valence-corrected chi connectivity index (χ1v) is 4.08. The molecule has 0 saturated heterocycles. The van der Waals surface area contributed by atoms with Crippen LogP contribution in [0.5, 0.6) is 0 Å². The summed E-state index contributed by atoms with van der Waals surface area (Å²) >= 11 is 0. The van der Waals surface area contributed by atoms with Crippen LogP contribution in [0.15, 0.2) is 27.5 Å². The third kappa shape index (κ3) is 1.71. The molecule has 0 atom stereocenters.